The molecule has 8 heteroatoms. The van der Waals surface area contributed by atoms with E-state index in [4.69, 9.17) is 37.1 Å². The number of rotatable bonds is 5. The summed E-state index contributed by atoms with van der Waals surface area (Å²) in [6.45, 7) is 4.14. The van der Waals surface area contributed by atoms with Gasteiger partial charge in [-0.1, -0.05) is 38.3 Å². The highest BCUT2D eigenvalue weighted by atomic mass is 35.5. The molecule has 5 N–H and O–H groups in total. The summed E-state index contributed by atoms with van der Waals surface area (Å²) in [6, 6.07) is 4.53. The lowest BCUT2D eigenvalue weighted by Crippen LogP contribution is -2.58. The number of aliphatic hydroxyl groups is 1. The number of halogens is 2. The maximum Gasteiger partial charge on any atom is 0.414 e. The van der Waals surface area contributed by atoms with Crippen LogP contribution in [0.2, 0.25) is 5.02 Å². The van der Waals surface area contributed by atoms with Gasteiger partial charge in [0.15, 0.2) is 0 Å². The lowest BCUT2D eigenvalue weighted by Gasteiger charge is -2.49. The average molecular weight is 418 g/mol. The first kappa shape index (κ1) is 24.3. The molecule has 1 aromatic rings. The van der Waals surface area contributed by atoms with Crippen LogP contribution in [0.15, 0.2) is 18.2 Å². The molecule has 0 unspecified atom stereocenters. The van der Waals surface area contributed by atoms with Crippen molar-refractivity contribution in [2.45, 2.75) is 69.9 Å². The van der Waals surface area contributed by atoms with Crippen LogP contribution in [0.25, 0.3) is 0 Å². The Labute approximate surface area is 169 Å². The van der Waals surface area contributed by atoms with Gasteiger partial charge in [-0.05, 0) is 49.4 Å². The van der Waals surface area contributed by atoms with Crippen molar-refractivity contribution in [3.8, 4) is 0 Å². The van der Waals surface area contributed by atoms with Crippen molar-refractivity contribution < 1.29 is 29.3 Å². The van der Waals surface area contributed by atoms with Crippen LogP contribution in [0.5, 0.6) is 0 Å². The van der Waals surface area contributed by atoms with E-state index < -0.39 is 23.1 Å². The molecule has 2 rings (SSSR count). The molecule has 158 valence electrons. The first-order valence-corrected chi connectivity index (χ1v) is 9.78. The van der Waals surface area contributed by atoms with Gasteiger partial charge in [0.1, 0.15) is 5.82 Å². The third-order valence-corrected chi connectivity index (χ3v) is 5.93. The second-order valence-electron chi connectivity index (χ2n) is 7.37. The van der Waals surface area contributed by atoms with E-state index in [1.807, 2.05) is 0 Å². The van der Waals surface area contributed by atoms with Gasteiger partial charge in [-0.25, -0.2) is 14.0 Å². The zero-order valence-corrected chi connectivity index (χ0v) is 17.0. The van der Waals surface area contributed by atoms with E-state index in [1.165, 1.54) is 12.1 Å². The SMILES string of the molecule is CCC(N)(CC)[C@H]1CCCC[C@@]1(O)Cc1cc(Cl)ccc1F.O=C(O)C(=O)O. The standard InChI is InChI=1S/C18H27ClFNO.C2H2O4/c1-3-17(21,4-2)16-7-5-6-10-18(16,22)12-13-11-14(19)8-9-15(13)20;3-1(4)2(5)6/h8-9,11,16,22H,3-7,10,12,21H2,1-2H3;(H,3,4)(H,5,6)/t16-,18-;/m1./s1. The lowest BCUT2D eigenvalue weighted by molar-refractivity contribution is -0.159. The van der Waals surface area contributed by atoms with Gasteiger partial charge in [-0.15, -0.1) is 0 Å². The molecule has 1 aromatic carbocycles. The van der Waals surface area contributed by atoms with Crippen LogP contribution in [0.1, 0.15) is 57.9 Å². The molecule has 0 amide bonds. The Hall–Kier alpha value is -1.70. The highest BCUT2D eigenvalue weighted by Crippen LogP contribution is 2.44. The van der Waals surface area contributed by atoms with Crippen molar-refractivity contribution in [2.24, 2.45) is 11.7 Å². The van der Waals surface area contributed by atoms with E-state index in [9.17, 15) is 9.50 Å². The van der Waals surface area contributed by atoms with Crippen LogP contribution in [0.4, 0.5) is 4.39 Å². The van der Waals surface area contributed by atoms with Gasteiger partial charge in [0.2, 0.25) is 0 Å². The van der Waals surface area contributed by atoms with Gasteiger partial charge in [0.25, 0.3) is 0 Å². The van der Waals surface area contributed by atoms with E-state index in [0.29, 0.717) is 17.0 Å². The monoisotopic (exact) mass is 417 g/mol. The summed E-state index contributed by atoms with van der Waals surface area (Å²) in [5, 5.41) is 26.6. The number of carbonyl (C=O) groups is 2. The number of hydrogen-bond acceptors (Lipinski definition) is 4. The first-order chi connectivity index (χ1) is 13.0. The Bertz CT molecular complexity index is 683. The fourth-order valence-electron chi connectivity index (χ4n) is 4.01. The zero-order valence-electron chi connectivity index (χ0n) is 16.3. The molecule has 28 heavy (non-hydrogen) atoms. The van der Waals surface area contributed by atoms with Crippen LogP contribution >= 0.6 is 11.6 Å². The Morgan fingerprint density at radius 1 is 1.25 bits per heavy atom. The van der Waals surface area contributed by atoms with Crippen molar-refractivity contribution in [1.82, 2.24) is 0 Å². The van der Waals surface area contributed by atoms with Crippen molar-refractivity contribution in [3.05, 3.63) is 34.6 Å². The predicted octanol–water partition coefficient (Wildman–Crippen LogP) is 3.62. The summed E-state index contributed by atoms with van der Waals surface area (Å²) in [5.41, 5.74) is 5.72. The van der Waals surface area contributed by atoms with Crippen molar-refractivity contribution >= 4 is 23.5 Å². The maximum atomic E-state index is 14.1. The number of aliphatic carboxylic acids is 2. The van der Waals surface area contributed by atoms with Crippen LogP contribution in [0.3, 0.4) is 0 Å². The molecular formula is C20H29ClFNO5. The van der Waals surface area contributed by atoms with E-state index in [1.54, 1.807) is 6.07 Å². The summed E-state index contributed by atoms with van der Waals surface area (Å²) in [5.74, 6) is -3.97. The van der Waals surface area contributed by atoms with Crippen molar-refractivity contribution in [3.63, 3.8) is 0 Å². The lowest BCUT2D eigenvalue weighted by atomic mass is 9.62. The average Bonchev–Trinajstić information content (AvgIpc) is 2.64. The topological polar surface area (TPSA) is 121 Å². The quantitative estimate of drug-likeness (QED) is 0.543. The summed E-state index contributed by atoms with van der Waals surface area (Å²) in [7, 11) is 0. The predicted molar refractivity (Wildman–Crippen MR) is 105 cm³/mol. The highest BCUT2D eigenvalue weighted by Gasteiger charge is 2.47. The summed E-state index contributed by atoms with van der Waals surface area (Å²) in [6.07, 6.45) is 5.51. The molecule has 0 saturated heterocycles. The molecular weight excluding hydrogens is 389 g/mol. The van der Waals surface area contributed by atoms with E-state index in [-0.39, 0.29) is 18.2 Å². The van der Waals surface area contributed by atoms with Crippen LogP contribution < -0.4 is 5.73 Å². The van der Waals surface area contributed by atoms with Gasteiger partial charge in [0.05, 0.1) is 5.60 Å². The number of carboxylic acids is 2. The molecule has 2 atom stereocenters. The number of carboxylic acid groups (broad SMARTS) is 2. The first-order valence-electron chi connectivity index (χ1n) is 9.40. The minimum atomic E-state index is -1.82. The molecule has 6 nitrogen and oxygen atoms in total. The Morgan fingerprint density at radius 2 is 1.82 bits per heavy atom. The summed E-state index contributed by atoms with van der Waals surface area (Å²) in [4.78, 5) is 18.2. The van der Waals surface area contributed by atoms with Crippen LogP contribution in [-0.2, 0) is 16.0 Å². The van der Waals surface area contributed by atoms with Gasteiger partial charge < -0.3 is 21.1 Å². The third-order valence-electron chi connectivity index (χ3n) is 5.70. The zero-order chi connectivity index (χ0) is 21.5. The molecule has 1 aliphatic carbocycles. The normalized spacial score (nSPS) is 22.1. The smallest absolute Gasteiger partial charge is 0.414 e. The number of hydrogen-bond donors (Lipinski definition) is 4. The van der Waals surface area contributed by atoms with Gasteiger partial charge in [-0.3, -0.25) is 0 Å². The number of nitrogens with two attached hydrogens (primary N) is 1. The molecule has 1 aliphatic rings. The summed E-state index contributed by atoms with van der Waals surface area (Å²) < 4.78 is 14.1. The van der Waals surface area contributed by atoms with E-state index in [2.05, 4.69) is 13.8 Å². The van der Waals surface area contributed by atoms with Gasteiger partial charge in [0, 0.05) is 22.9 Å². The van der Waals surface area contributed by atoms with Crippen LogP contribution in [0, 0.1) is 11.7 Å². The fraction of sp³-hybridized carbons (Fsp3) is 0.600. The van der Waals surface area contributed by atoms with E-state index in [0.717, 1.165) is 32.1 Å². The molecule has 0 radical (unpaired) electrons. The Kier molecular flexibility index (Phi) is 8.85. The van der Waals surface area contributed by atoms with Crippen LogP contribution in [-0.4, -0.2) is 38.4 Å². The van der Waals surface area contributed by atoms with E-state index >= 15 is 0 Å². The molecule has 0 aromatic heterocycles. The second-order valence-corrected chi connectivity index (χ2v) is 7.80. The largest absolute Gasteiger partial charge is 0.473 e. The van der Waals surface area contributed by atoms with Gasteiger partial charge in [-0.2, -0.15) is 0 Å². The molecule has 0 spiro atoms. The maximum absolute atomic E-state index is 14.1. The Morgan fingerprint density at radius 3 is 2.32 bits per heavy atom. The van der Waals surface area contributed by atoms with Gasteiger partial charge >= 0.3 is 11.9 Å². The molecule has 0 bridgehead atoms. The number of benzene rings is 1. The Balaban J connectivity index is 0.000000568. The minimum absolute atomic E-state index is 0.0119. The second kappa shape index (κ2) is 10.2. The van der Waals surface area contributed by atoms with Crippen molar-refractivity contribution in [1.29, 1.82) is 0 Å². The molecule has 1 fully saturated rings. The molecule has 0 aliphatic heterocycles. The molecule has 1 saturated carbocycles. The minimum Gasteiger partial charge on any atom is -0.473 e. The van der Waals surface area contributed by atoms with Crippen molar-refractivity contribution in [2.75, 3.05) is 0 Å². The molecule has 0 heterocycles. The summed E-state index contributed by atoms with van der Waals surface area (Å²) >= 11 is 5.99. The highest BCUT2D eigenvalue weighted by molar-refractivity contribution is 6.30. The fourth-order valence-corrected chi connectivity index (χ4v) is 4.20. The third kappa shape index (κ3) is 6.15.